The van der Waals surface area contributed by atoms with Gasteiger partial charge in [0, 0.05) is 34.9 Å². The molecular formula is C38H27BrF12O9. The van der Waals surface area contributed by atoms with Crippen molar-refractivity contribution in [2.75, 3.05) is 13.2 Å². The quantitative estimate of drug-likeness (QED) is 0.197. The van der Waals surface area contributed by atoms with Crippen LogP contribution in [0.15, 0.2) is 63.7 Å². The van der Waals surface area contributed by atoms with Gasteiger partial charge in [0.2, 0.25) is 18.3 Å². The van der Waals surface area contributed by atoms with Gasteiger partial charge in [0.15, 0.2) is 0 Å². The molecule has 1 N–H and O–H groups in total. The van der Waals surface area contributed by atoms with E-state index < -0.39 is 88.9 Å². The second-order valence-electron chi connectivity index (χ2n) is 12.3. The number of benzene rings is 3. The number of esters is 2. The zero-order valence-electron chi connectivity index (χ0n) is 30.5. The Balaban J connectivity index is 0.000000199. The first-order chi connectivity index (χ1) is 27.8. The number of aliphatic carboxylic acids is 1. The lowest BCUT2D eigenvalue weighted by atomic mass is 10.00. The van der Waals surface area contributed by atoms with Crippen molar-refractivity contribution >= 4 is 52.1 Å². The number of hydrogen-bond donors (Lipinski definition) is 1. The summed E-state index contributed by atoms with van der Waals surface area (Å²) in [6.45, 7) is 4.25. The molecule has 3 aliphatic heterocycles. The number of ether oxygens (including phenoxy) is 5. The molecule has 9 nitrogen and oxygen atoms in total. The molecule has 3 aromatic carbocycles. The molecule has 324 valence electrons. The molecule has 0 amide bonds. The Kier molecular flexibility index (Phi) is 14.3. The lowest BCUT2D eigenvalue weighted by molar-refractivity contribution is -0.188. The SMILES string of the molecule is CCOC(=O)C1=Cc2cc(Br)c(F)cc2OC1C(F)(F)F.CCOC(=O)C1=Cc2ccc(F)cc2OC1C(F)(F)F.Cc1cc2c(cc1F)OC(C(F)(F)F)C(C(=O)O)=C2. The van der Waals surface area contributed by atoms with E-state index in [1.54, 1.807) is 0 Å². The molecule has 22 heteroatoms. The summed E-state index contributed by atoms with van der Waals surface area (Å²) in [6.07, 6.45) is -19.2. The van der Waals surface area contributed by atoms with Crippen molar-refractivity contribution in [2.45, 2.75) is 57.6 Å². The molecule has 60 heavy (non-hydrogen) atoms. The lowest BCUT2D eigenvalue weighted by Crippen LogP contribution is -2.40. The number of aryl methyl sites for hydroxylation is 1. The van der Waals surface area contributed by atoms with Gasteiger partial charge in [-0.05, 0) is 84.8 Å². The summed E-state index contributed by atoms with van der Waals surface area (Å²) in [5.41, 5.74) is -1.60. The van der Waals surface area contributed by atoms with E-state index in [0.717, 1.165) is 42.5 Å². The van der Waals surface area contributed by atoms with Gasteiger partial charge >= 0.3 is 36.4 Å². The highest BCUT2D eigenvalue weighted by atomic mass is 79.9. The van der Waals surface area contributed by atoms with E-state index in [2.05, 4.69) is 30.1 Å². The number of rotatable bonds is 5. The molecule has 0 bridgehead atoms. The number of fused-ring (bicyclic) bond motifs is 3. The van der Waals surface area contributed by atoms with Crippen LogP contribution in [0.4, 0.5) is 52.7 Å². The third-order valence-corrected chi connectivity index (χ3v) is 8.60. The molecule has 6 rings (SSSR count). The van der Waals surface area contributed by atoms with Gasteiger partial charge in [0.25, 0.3) is 0 Å². The first-order valence-electron chi connectivity index (χ1n) is 16.8. The zero-order valence-corrected chi connectivity index (χ0v) is 32.1. The van der Waals surface area contributed by atoms with Gasteiger partial charge < -0.3 is 28.8 Å². The Hall–Kier alpha value is -5.67. The fourth-order valence-corrected chi connectivity index (χ4v) is 5.71. The highest BCUT2D eigenvalue weighted by Gasteiger charge is 2.51. The standard InChI is InChI=1S/C13H9BrF4O3.C13H10F4O3.C12H8F4O3/c1-2-20-12(19)7-3-6-4-8(14)9(15)5-10(6)21-11(7)13(16,17)18;1-2-19-12(18)9-5-7-3-4-8(14)6-10(7)20-11(9)13(15,16)17;1-5-2-6-3-7(11(17)18)10(12(14,15)16)19-9(6)4-8(5)13/h3-5,11H,2H2,1H3;3-6,11H,2H2,1H3;2-4,10H,1H3,(H,17,18). The van der Waals surface area contributed by atoms with E-state index in [0.29, 0.717) is 0 Å². The molecule has 3 aliphatic rings. The molecule has 0 aromatic heterocycles. The van der Waals surface area contributed by atoms with E-state index in [9.17, 15) is 67.1 Å². The second kappa shape index (κ2) is 18.3. The first kappa shape index (κ1) is 47.0. The summed E-state index contributed by atoms with van der Waals surface area (Å²) in [4.78, 5) is 34.1. The second-order valence-corrected chi connectivity index (χ2v) is 13.1. The third-order valence-electron chi connectivity index (χ3n) is 8.00. The molecule has 3 aromatic rings. The summed E-state index contributed by atoms with van der Waals surface area (Å²) in [6, 6.07) is 7.25. The molecule has 3 heterocycles. The lowest BCUT2D eigenvalue weighted by Gasteiger charge is -2.27. The van der Waals surface area contributed by atoms with Crippen molar-refractivity contribution in [3.05, 3.63) is 103 Å². The molecule has 0 spiro atoms. The van der Waals surface area contributed by atoms with Gasteiger partial charge in [-0.15, -0.1) is 0 Å². The zero-order chi connectivity index (χ0) is 45.1. The summed E-state index contributed by atoms with van der Waals surface area (Å²) in [5, 5.41) is 8.80. The number of halogens is 13. The minimum atomic E-state index is -4.89. The van der Waals surface area contributed by atoms with Crippen LogP contribution in [0.3, 0.4) is 0 Å². The number of carbonyl (C=O) groups excluding carboxylic acids is 2. The van der Waals surface area contributed by atoms with E-state index in [1.165, 1.54) is 39.0 Å². The van der Waals surface area contributed by atoms with Crippen LogP contribution in [-0.2, 0) is 23.9 Å². The number of carbonyl (C=O) groups is 3. The van der Waals surface area contributed by atoms with Crippen molar-refractivity contribution < 1.29 is 95.9 Å². The van der Waals surface area contributed by atoms with Crippen LogP contribution in [0.25, 0.3) is 18.2 Å². The summed E-state index contributed by atoms with van der Waals surface area (Å²) in [5.74, 6) is -7.03. The maximum atomic E-state index is 13.4. The minimum Gasteiger partial charge on any atom is -0.478 e. The topological polar surface area (TPSA) is 118 Å². The summed E-state index contributed by atoms with van der Waals surface area (Å²) >= 11 is 2.92. The van der Waals surface area contributed by atoms with Gasteiger partial charge in [-0.25, -0.2) is 27.6 Å². The fraction of sp³-hybridized carbons (Fsp3) is 0.289. The van der Waals surface area contributed by atoms with Gasteiger partial charge in [-0.1, -0.05) is 0 Å². The number of alkyl halides is 9. The largest absolute Gasteiger partial charge is 0.478 e. The summed E-state index contributed by atoms with van der Waals surface area (Å²) < 4.78 is 179. The van der Waals surface area contributed by atoms with E-state index in [-0.39, 0.29) is 57.2 Å². The van der Waals surface area contributed by atoms with Crippen molar-refractivity contribution in [3.8, 4) is 17.2 Å². The summed E-state index contributed by atoms with van der Waals surface area (Å²) in [7, 11) is 0. The van der Waals surface area contributed by atoms with Gasteiger partial charge in [-0.2, -0.15) is 39.5 Å². The van der Waals surface area contributed by atoms with E-state index in [4.69, 9.17) is 14.6 Å². The Labute approximate surface area is 338 Å². The van der Waals surface area contributed by atoms with Crippen LogP contribution in [0.1, 0.15) is 36.1 Å². The van der Waals surface area contributed by atoms with Crippen molar-refractivity contribution in [1.82, 2.24) is 0 Å². The average molecular weight is 936 g/mol. The Bertz CT molecular complexity index is 2250. The molecule has 0 saturated heterocycles. The smallest absolute Gasteiger partial charge is 0.430 e. The van der Waals surface area contributed by atoms with Crippen molar-refractivity contribution in [2.24, 2.45) is 0 Å². The van der Waals surface area contributed by atoms with Gasteiger partial charge in [0.05, 0.1) is 34.4 Å². The third kappa shape index (κ3) is 11.1. The van der Waals surface area contributed by atoms with Gasteiger partial charge in [0.1, 0.15) is 34.7 Å². The Morgan fingerprint density at radius 1 is 0.617 bits per heavy atom. The maximum Gasteiger partial charge on any atom is 0.430 e. The molecule has 3 unspecified atom stereocenters. The number of carboxylic acid groups (broad SMARTS) is 1. The van der Waals surface area contributed by atoms with Crippen LogP contribution < -0.4 is 14.2 Å². The van der Waals surface area contributed by atoms with Crippen LogP contribution in [0.2, 0.25) is 0 Å². The van der Waals surface area contributed by atoms with E-state index >= 15 is 0 Å². The monoisotopic (exact) mass is 934 g/mol. The van der Waals surface area contributed by atoms with Crippen LogP contribution in [-0.4, -0.2) is 73.1 Å². The predicted octanol–water partition coefficient (Wildman–Crippen LogP) is 9.88. The van der Waals surface area contributed by atoms with Crippen molar-refractivity contribution in [3.63, 3.8) is 0 Å². The van der Waals surface area contributed by atoms with Crippen molar-refractivity contribution in [1.29, 1.82) is 0 Å². The molecular weight excluding hydrogens is 908 g/mol. The number of hydrogen-bond acceptors (Lipinski definition) is 8. The van der Waals surface area contributed by atoms with Gasteiger partial charge in [-0.3, -0.25) is 0 Å². The molecule has 3 atom stereocenters. The van der Waals surface area contributed by atoms with Crippen LogP contribution >= 0.6 is 15.9 Å². The highest BCUT2D eigenvalue weighted by molar-refractivity contribution is 9.10. The molecule has 0 saturated carbocycles. The van der Waals surface area contributed by atoms with E-state index in [1.807, 2.05) is 0 Å². The normalized spacial score (nSPS) is 17.9. The van der Waals surface area contributed by atoms with Crippen LogP contribution in [0.5, 0.6) is 17.2 Å². The van der Waals surface area contributed by atoms with Crippen LogP contribution in [0, 0.1) is 24.4 Å². The number of carboxylic acids is 1. The Morgan fingerprint density at radius 2 is 1.02 bits per heavy atom. The maximum absolute atomic E-state index is 13.4. The molecule has 0 fully saturated rings. The molecule has 0 radical (unpaired) electrons. The molecule has 0 aliphatic carbocycles. The first-order valence-corrected chi connectivity index (χ1v) is 17.6. The highest BCUT2D eigenvalue weighted by Crippen LogP contribution is 2.41. The fourth-order valence-electron chi connectivity index (χ4n) is 5.35. The Morgan fingerprint density at radius 3 is 1.47 bits per heavy atom. The minimum absolute atomic E-state index is 0.0507. The average Bonchev–Trinajstić information content (AvgIpc) is 3.14. The predicted molar refractivity (Wildman–Crippen MR) is 188 cm³/mol.